The van der Waals surface area contributed by atoms with E-state index in [-0.39, 0.29) is 0 Å². The largest absolute Gasteiger partial charge is 0.496 e. The van der Waals surface area contributed by atoms with Crippen LogP contribution in [0, 0.1) is 3.57 Å². The molecule has 0 amide bonds. The molecular weight excluding hydrogens is 415 g/mol. The van der Waals surface area contributed by atoms with Gasteiger partial charge in [-0.1, -0.05) is 6.07 Å². The molecule has 1 aliphatic rings. The van der Waals surface area contributed by atoms with E-state index in [1.807, 2.05) is 36.5 Å². The second-order valence-corrected chi connectivity index (χ2v) is 6.94. The van der Waals surface area contributed by atoms with Crippen LogP contribution in [0.5, 0.6) is 11.5 Å². The molecule has 1 fully saturated rings. The highest BCUT2D eigenvalue weighted by atomic mass is 127. The van der Waals surface area contributed by atoms with Gasteiger partial charge in [-0.15, -0.1) is 0 Å². The Bertz CT molecular complexity index is 740. The van der Waals surface area contributed by atoms with Crippen molar-refractivity contribution < 1.29 is 9.47 Å². The summed E-state index contributed by atoms with van der Waals surface area (Å²) < 4.78 is 12.4. The lowest BCUT2D eigenvalue weighted by Gasteiger charge is -2.22. The predicted molar refractivity (Wildman–Crippen MR) is 107 cm³/mol. The molecule has 4 nitrogen and oxygen atoms in total. The van der Waals surface area contributed by atoms with Crippen LogP contribution in [-0.2, 0) is 0 Å². The third-order valence-corrected chi connectivity index (χ3v) is 4.81. The molecule has 0 spiro atoms. The number of anilines is 1. The topological polar surface area (TPSA) is 34.1 Å². The number of hydrogen-bond acceptors (Lipinski definition) is 4. The zero-order valence-electron chi connectivity index (χ0n) is 14.0. The van der Waals surface area contributed by atoms with E-state index in [1.54, 1.807) is 14.2 Å². The fraction of sp³-hybridized carbons (Fsp3) is 0.316. The monoisotopic (exact) mass is 436 g/mol. The fourth-order valence-electron chi connectivity index (χ4n) is 2.91. The number of ether oxygens (including phenoxy) is 2. The molecule has 1 saturated heterocycles. The Labute approximate surface area is 156 Å². The molecule has 3 rings (SSSR count). The highest BCUT2D eigenvalue weighted by Gasteiger charge is 2.19. The van der Waals surface area contributed by atoms with E-state index >= 15 is 0 Å². The summed E-state index contributed by atoms with van der Waals surface area (Å²) in [5, 5.41) is 0. The summed E-state index contributed by atoms with van der Waals surface area (Å²) >= 11 is 2.29. The lowest BCUT2D eigenvalue weighted by Crippen LogP contribution is -2.18. The summed E-state index contributed by atoms with van der Waals surface area (Å²) in [6, 6.07) is 12.1. The van der Waals surface area contributed by atoms with Gasteiger partial charge in [0.1, 0.15) is 11.5 Å². The minimum absolute atomic E-state index is 0.812. The molecule has 0 aliphatic carbocycles. The molecule has 1 heterocycles. The zero-order valence-corrected chi connectivity index (χ0v) is 16.1. The first-order valence-electron chi connectivity index (χ1n) is 8.02. The molecule has 0 saturated carbocycles. The van der Waals surface area contributed by atoms with Gasteiger partial charge in [0.05, 0.1) is 25.6 Å². The average Bonchev–Trinajstić information content (AvgIpc) is 3.13. The van der Waals surface area contributed by atoms with Gasteiger partial charge in [-0.25, -0.2) is 0 Å². The maximum Gasteiger partial charge on any atom is 0.143 e. The molecule has 0 atom stereocenters. The lowest BCUT2D eigenvalue weighted by molar-refractivity contribution is 0.402. The summed E-state index contributed by atoms with van der Waals surface area (Å²) in [6.45, 7) is 2.13. The van der Waals surface area contributed by atoms with Gasteiger partial charge in [0.25, 0.3) is 0 Å². The number of halogens is 1. The van der Waals surface area contributed by atoms with E-state index in [0.717, 1.165) is 45.1 Å². The van der Waals surface area contributed by atoms with Crippen molar-refractivity contribution in [3.8, 4) is 11.5 Å². The van der Waals surface area contributed by atoms with Crippen LogP contribution in [-0.4, -0.2) is 33.5 Å². The molecule has 2 aromatic carbocycles. The number of nitrogens with zero attached hydrogens (tertiary/aromatic N) is 2. The summed E-state index contributed by atoms with van der Waals surface area (Å²) in [6.07, 6.45) is 4.28. The van der Waals surface area contributed by atoms with E-state index in [2.05, 4.69) is 38.5 Å². The Morgan fingerprint density at radius 2 is 1.79 bits per heavy atom. The third-order valence-electron chi connectivity index (χ3n) is 4.14. The summed E-state index contributed by atoms with van der Waals surface area (Å²) in [5.74, 6) is 1.67. The maximum atomic E-state index is 5.61. The summed E-state index contributed by atoms with van der Waals surface area (Å²) in [7, 11) is 3.40. The SMILES string of the molecule is COc1cc(N2CCCC2)c(OC)cc1C=Nc1cccc(I)c1. The minimum atomic E-state index is 0.812. The lowest BCUT2D eigenvalue weighted by atomic mass is 10.1. The Hall–Kier alpha value is -1.76. The number of hydrogen-bond donors (Lipinski definition) is 0. The number of benzene rings is 2. The molecule has 126 valence electrons. The minimum Gasteiger partial charge on any atom is -0.496 e. The first-order valence-corrected chi connectivity index (χ1v) is 9.10. The van der Waals surface area contributed by atoms with Crippen LogP contribution in [0.15, 0.2) is 41.4 Å². The van der Waals surface area contributed by atoms with Gasteiger partial charge in [0.2, 0.25) is 0 Å². The summed E-state index contributed by atoms with van der Waals surface area (Å²) in [4.78, 5) is 6.92. The van der Waals surface area contributed by atoms with Gasteiger partial charge in [-0.2, -0.15) is 0 Å². The maximum absolute atomic E-state index is 5.61. The van der Waals surface area contributed by atoms with Crippen molar-refractivity contribution in [3.63, 3.8) is 0 Å². The van der Waals surface area contributed by atoms with Crippen LogP contribution in [0.4, 0.5) is 11.4 Å². The molecule has 0 aromatic heterocycles. The van der Waals surface area contributed by atoms with Gasteiger partial charge in [0, 0.05) is 34.5 Å². The molecular formula is C19H21IN2O2. The van der Waals surface area contributed by atoms with Crippen LogP contribution in [0.1, 0.15) is 18.4 Å². The van der Waals surface area contributed by atoms with Crippen LogP contribution in [0.3, 0.4) is 0 Å². The van der Waals surface area contributed by atoms with E-state index in [0.29, 0.717) is 0 Å². The Morgan fingerprint density at radius 1 is 1.04 bits per heavy atom. The van der Waals surface area contributed by atoms with Crippen molar-refractivity contribution in [2.24, 2.45) is 4.99 Å². The van der Waals surface area contributed by atoms with E-state index in [4.69, 9.17) is 9.47 Å². The van der Waals surface area contributed by atoms with Crippen molar-refractivity contribution >= 4 is 40.2 Å². The predicted octanol–water partition coefficient (Wildman–Crippen LogP) is 4.66. The number of methoxy groups -OCH3 is 2. The normalized spacial score (nSPS) is 14.4. The Balaban J connectivity index is 1.95. The quantitative estimate of drug-likeness (QED) is 0.505. The molecule has 0 radical (unpaired) electrons. The van der Waals surface area contributed by atoms with Crippen LogP contribution in [0.25, 0.3) is 0 Å². The molecule has 5 heteroatoms. The first-order chi connectivity index (χ1) is 11.7. The van der Waals surface area contributed by atoms with Gasteiger partial charge in [0.15, 0.2) is 0 Å². The number of aliphatic imine (C=N–C) groups is 1. The van der Waals surface area contributed by atoms with E-state index in [9.17, 15) is 0 Å². The van der Waals surface area contributed by atoms with Crippen molar-refractivity contribution in [1.82, 2.24) is 0 Å². The first kappa shape index (κ1) is 17.1. The van der Waals surface area contributed by atoms with Gasteiger partial charge >= 0.3 is 0 Å². The second-order valence-electron chi connectivity index (χ2n) is 5.70. The molecule has 0 bridgehead atoms. The molecule has 1 aliphatic heterocycles. The van der Waals surface area contributed by atoms with Crippen LogP contribution >= 0.6 is 22.6 Å². The van der Waals surface area contributed by atoms with Crippen molar-refractivity contribution in [3.05, 3.63) is 45.5 Å². The fourth-order valence-corrected chi connectivity index (χ4v) is 3.44. The standard InChI is InChI=1S/C19H21IN2O2/c1-23-18-12-17(22-8-3-4-9-22)19(24-2)10-14(18)13-21-16-7-5-6-15(20)11-16/h5-7,10-13H,3-4,8-9H2,1-2H3. The zero-order chi connectivity index (χ0) is 16.9. The number of rotatable bonds is 5. The molecule has 0 N–H and O–H groups in total. The highest BCUT2D eigenvalue weighted by molar-refractivity contribution is 14.1. The molecule has 2 aromatic rings. The van der Waals surface area contributed by atoms with Gasteiger partial charge in [-0.05, 0) is 59.7 Å². The Morgan fingerprint density at radius 3 is 2.46 bits per heavy atom. The van der Waals surface area contributed by atoms with E-state index < -0.39 is 0 Å². The average molecular weight is 436 g/mol. The van der Waals surface area contributed by atoms with Crippen LogP contribution < -0.4 is 14.4 Å². The van der Waals surface area contributed by atoms with Crippen molar-refractivity contribution in [1.29, 1.82) is 0 Å². The van der Waals surface area contributed by atoms with Gasteiger partial charge in [-0.3, -0.25) is 4.99 Å². The Kier molecular flexibility index (Phi) is 5.60. The third kappa shape index (κ3) is 3.83. The molecule has 0 unspecified atom stereocenters. The van der Waals surface area contributed by atoms with Crippen molar-refractivity contribution in [2.45, 2.75) is 12.8 Å². The van der Waals surface area contributed by atoms with Crippen LogP contribution in [0.2, 0.25) is 0 Å². The molecule has 24 heavy (non-hydrogen) atoms. The smallest absolute Gasteiger partial charge is 0.143 e. The summed E-state index contributed by atoms with van der Waals surface area (Å²) in [5.41, 5.74) is 2.93. The second kappa shape index (κ2) is 7.88. The van der Waals surface area contributed by atoms with Gasteiger partial charge < -0.3 is 14.4 Å². The highest BCUT2D eigenvalue weighted by Crippen LogP contribution is 2.36. The van der Waals surface area contributed by atoms with E-state index in [1.165, 1.54) is 12.8 Å². The van der Waals surface area contributed by atoms with Crippen molar-refractivity contribution in [2.75, 3.05) is 32.2 Å².